The number of piperidine rings is 3. The smallest absolute Gasteiger partial charge is 0.387 e. The first-order valence-electron chi connectivity index (χ1n) is 9.30. The average molecular weight is 399 g/mol. The highest BCUT2D eigenvalue weighted by atomic mass is 35.5. The number of aliphatic hydroxyl groups excluding tert-OH is 1. The van der Waals surface area contributed by atoms with Gasteiger partial charge in [0.25, 0.3) is 0 Å². The van der Waals surface area contributed by atoms with Gasteiger partial charge in [-0.05, 0) is 48.9 Å². The van der Waals surface area contributed by atoms with Gasteiger partial charge < -0.3 is 5.11 Å². The number of pyridine rings is 1. The lowest BCUT2D eigenvalue weighted by Crippen LogP contribution is -2.57. The largest absolute Gasteiger partial charge is 0.390 e. The van der Waals surface area contributed by atoms with E-state index in [-0.39, 0.29) is 17.9 Å². The fourth-order valence-electron chi connectivity index (χ4n) is 4.80. The summed E-state index contributed by atoms with van der Waals surface area (Å²) in [7, 11) is 0. The average Bonchev–Trinajstić information content (AvgIpc) is 2.66. The predicted molar refractivity (Wildman–Crippen MR) is 98.6 cm³/mol. The lowest BCUT2D eigenvalue weighted by molar-refractivity contribution is -0.142. The molecule has 3 aliphatic rings. The Kier molecular flexibility index (Phi) is 5.08. The maximum Gasteiger partial charge on any atom is 0.390 e. The fraction of sp³-hybridized carbons (Fsp3) is 0.550. The number of hydrogen-bond acceptors (Lipinski definition) is 3. The second-order valence-electron chi connectivity index (χ2n) is 7.71. The molecule has 1 N–H and O–H groups in total. The monoisotopic (exact) mass is 398 g/mol. The Morgan fingerprint density at radius 1 is 1.26 bits per heavy atom. The van der Waals surface area contributed by atoms with Gasteiger partial charge in [-0.15, -0.1) is 11.6 Å². The van der Waals surface area contributed by atoms with Gasteiger partial charge in [0.2, 0.25) is 0 Å². The van der Waals surface area contributed by atoms with Gasteiger partial charge in [0.15, 0.2) is 0 Å². The highest BCUT2D eigenvalue weighted by molar-refractivity contribution is 6.20. The number of rotatable bonds is 4. The molecule has 2 aromatic rings. The van der Waals surface area contributed by atoms with Crippen molar-refractivity contribution >= 4 is 22.5 Å². The summed E-state index contributed by atoms with van der Waals surface area (Å²) < 4.78 is 38.2. The van der Waals surface area contributed by atoms with Crippen LogP contribution in [-0.2, 0) is 0 Å². The number of hydrogen-bond donors (Lipinski definition) is 1. The quantitative estimate of drug-likeness (QED) is 0.768. The molecule has 3 saturated heterocycles. The molecule has 0 spiro atoms. The second-order valence-corrected chi connectivity index (χ2v) is 8.27. The molecule has 3 aliphatic heterocycles. The van der Waals surface area contributed by atoms with Gasteiger partial charge in [0.05, 0.1) is 18.0 Å². The van der Waals surface area contributed by atoms with Crippen LogP contribution in [0.5, 0.6) is 0 Å². The molecule has 27 heavy (non-hydrogen) atoms. The van der Waals surface area contributed by atoms with E-state index in [2.05, 4.69) is 9.88 Å². The minimum atomic E-state index is -4.24. The van der Waals surface area contributed by atoms with E-state index in [1.165, 1.54) is 0 Å². The van der Waals surface area contributed by atoms with Crippen LogP contribution in [0.4, 0.5) is 13.2 Å². The molecule has 1 aromatic carbocycles. The van der Waals surface area contributed by atoms with Crippen LogP contribution in [0.2, 0.25) is 0 Å². The first kappa shape index (κ1) is 19.0. The molecule has 1 unspecified atom stereocenters. The van der Waals surface area contributed by atoms with Crippen molar-refractivity contribution in [3.63, 3.8) is 0 Å². The Bertz CT molecular complexity index is 810. The van der Waals surface area contributed by atoms with Crippen molar-refractivity contribution in [2.75, 3.05) is 13.1 Å². The molecule has 4 heterocycles. The highest BCUT2D eigenvalue weighted by Gasteiger charge is 2.47. The Labute approximate surface area is 161 Å². The van der Waals surface area contributed by atoms with Crippen LogP contribution >= 0.6 is 11.6 Å². The molecule has 0 amide bonds. The Balaban J connectivity index is 1.53. The highest BCUT2D eigenvalue weighted by Crippen LogP contribution is 2.45. The molecule has 0 saturated carbocycles. The van der Waals surface area contributed by atoms with Gasteiger partial charge >= 0.3 is 6.18 Å². The van der Waals surface area contributed by atoms with Crippen molar-refractivity contribution in [2.45, 2.75) is 43.0 Å². The summed E-state index contributed by atoms with van der Waals surface area (Å²) in [5, 5.41) is 11.1. The zero-order chi connectivity index (χ0) is 19.2. The van der Waals surface area contributed by atoms with Gasteiger partial charge in [-0.1, -0.05) is 18.2 Å². The summed E-state index contributed by atoms with van der Waals surface area (Å²) in [4.78, 5) is 6.46. The molecular weight excluding hydrogens is 377 g/mol. The molecule has 146 valence electrons. The van der Waals surface area contributed by atoms with Gasteiger partial charge in [-0.2, -0.15) is 13.2 Å². The number of nitrogens with zero attached hydrogens (tertiary/aromatic N) is 2. The van der Waals surface area contributed by atoms with E-state index in [0.29, 0.717) is 13.0 Å². The maximum absolute atomic E-state index is 12.7. The topological polar surface area (TPSA) is 36.4 Å². The van der Waals surface area contributed by atoms with Crippen LogP contribution < -0.4 is 0 Å². The minimum absolute atomic E-state index is 0.0967. The number of aliphatic hydroxyl groups is 1. The number of halogens is 4. The molecule has 1 aromatic heterocycles. The summed E-state index contributed by atoms with van der Waals surface area (Å²) >= 11 is 6.14. The Morgan fingerprint density at radius 3 is 2.74 bits per heavy atom. The number of fused-ring (bicyclic) bond motifs is 4. The van der Waals surface area contributed by atoms with E-state index < -0.39 is 24.1 Å². The Morgan fingerprint density at radius 2 is 2.04 bits per heavy atom. The van der Waals surface area contributed by atoms with Crippen molar-refractivity contribution in [2.24, 2.45) is 11.8 Å². The summed E-state index contributed by atoms with van der Waals surface area (Å²) in [6.45, 7) is 1.31. The molecule has 5 rings (SSSR count). The number of para-hydroxylation sites is 1. The summed E-state index contributed by atoms with van der Waals surface area (Å²) in [6, 6.07) is 9.41. The SMILES string of the molecule is O[C@H](c1ccnc2ccccc12)[C@@H]1C[C@@H]2CCN1C[C@@H]2[C@@H](Cl)CC(F)(F)F. The van der Waals surface area contributed by atoms with Crippen LogP contribution in [0, 0.1) is 11.8 Å². The summed E-state index contributed by atoms with van der Waals surface area (Å²) in [5.74, 6) is -0.0627. The van der Waals surface area contributed by atoms with Crippen molar-refractivity contribution in [1.29, 1.82) is 0 Å². The second kappa shape index (κ2) is 7.22. The van der Waals surface area contributed by atoms with Gasteiger partial charge in [-0.25, -0.2) is 0 Å². The number of alkyl halides is 4. The van der Waals surface area contributed by atoms with Gasteiger partial charge in [0, 0.05) is 29.5 Å². The van der Waals surface area contributed by atoms with Crippen LogP contribution in [0.15, 0.2) is 36.5 Å². The van der Waals surface area contributed by atoms with E-state index in [1.54, 1.807) is 6.20 Å². The van der Waals surface area contributed by atoms with Crippen LogP contribution in [0.1, 0.15) is 30.9 Å². The first-order valence-corrected chi connectivity index (χ1v) is 9.74. The molecule has 0 aliphatic carbocycles. The van der Waals surface area contributed by atoms with Crippen molar-refractivity contribution in [3.8, 4) is 0 Å². The lowest BCUT2D eigenvalue weighted by Gasteiger charge is -2.52. The minimum Gasteiger partial charge on any atom is -0.387 e. The maximum atomic E-state index is 12.7. The molecule has 2 bridgehead atoms. The van der Waals surface area contributed by atoms with Crippen LogP contribution in [-0.4, -0.2) is 45.7 Å². The number of aromatic nitrogens is 1. The van der Waals surface area contributed by atoms with E-state index in [9.17, 15) is 18.3 Å². The molecule has 3 nitrogen and oxygen atoms in total. The normalized spacial score (nSPS) is 30.4. The lowest BCUT2D eigenvalue weighted by atomic mass is 9.71. The zero-order valence-electron chi connectivity index (χ0n) is 14.7. The van der Waals surface area contributed by atoms with E-state index in [0.717, 1.165) is 29.4 Å². The zero-order valence-corrected chi connectivity index (χ0v) is 15.5. The molecule has 7 heteroatoms. The first-order chi connectivity index (χ1) is 12.8. The molecule has 6 atom stereocenters. The molecule has 0 radical (unpaired) electrons. The third kappa shape index (κ3) is 3.80. The standard InChI is InChI=1S/C20H22ClF3N2O/c21-16(10-20(22,23)24)15-11-26-8-6-12(15)9-18(26)19(27)14-5-7-25-17-4-2-1-3-13(14)17/h1-5,7,12,15-16,18-19,27H,6,8-11H2/t12-,15-,16-,18-,19+/m0/s1. The predicted octanol–water partition coefficient (Wildman–Crippen LogP) is 4.54. The third-order valence-electron chi connectivity index (χ3n) is 6.11. The summed E-state index contributed by atoms with van der Waals surface area (Å²) in [5.41, 5.74) is 1.65. The Hall–Kier alpha value is -1.37. The third-order valence-corrected chi connectivity index (χ3v) is 6.59. The van der Waals surface area contributed by atoms with E-state index in [1.807, 2.05) is 30.3 Å². The van der Waals surface area contributed by atoms with Gasteiger partial charge in [-0.3, -0.25) is 9.88 Å². The summed E-state index contributed by atoms with van der Waals surface area (Å²) in [6.07, 6.45) is -2.69. The fourth-order valence-corrected chi connectivity index (χ4v) is 5.26. The van der Waals surface area contributed by atoms with Crippen molar-refractivity contribution in [1.82, 2.24) is 9.88 Å². The van der Waals surface area contributed by atoms with Crippen LogP contribution in [0.25, 0.3) is 10.9 Å². The van der Waals surface area contributed by atoms with Gasteiger partial charge in [0.1, 0.15) is 0 Å². The number of benzene rings is 1. The molecular formula is C20H22ClF3N2O. The van der Waals surface area contributed by atoms with E-state index in [4.69, 9.17) is 11.6 Å². The van der Waals surface area contributed by atoms with E-state index >= 15 is 0 Å². The van der Waals surface area contributed by atoms with Crippen molar-refractivity contribution in [3.05, 3.63) is 42.1 Å². The molecule has 3 fully saturated rings. The van der Waals surface area contributed by atoms with Crippen molar-refractivity contribution < 1.29 is 18.3 Å². The van der Waals surface area contributed by atoms with Crippen LogP contribution in [0.3, 0.4) is 0 Å².